The van der Waals surface area contributed by atoms with Crippen molar-refractivity contribution in [1.82, 2.24) is 10.4 Å². The van der Waals surface area contributed by atoms with Gasteiger partial charge in [0.25, 0.3) is 5.91 Å². The highest BCUT2D eigenvalue weighted by atomic mass is 32.2. The summed E-state index contributed by atoms with van der Waals surface area (Å²) >= 11 is 1.45. The topological polar surface area (TPSA) is 81.4 Å². The maximum absolute atomic E-state index is 12.5. The number of rotatable bonds is 8. The summed E-state index contributed by atoms with van der Waals surface area (Å²) < 4.78 is 2.19. The lowest BCUT2D eigenvalue weighted by atomic mass is 10.1. The second-order valence-electron chi connectivity index (χ2n) is 7.30. The van der Waals surface area contributed by atoms with E-state index < -0.39 is 0 Å². The average Bonchev–Trinajstić information content (AvgIpc) is 3.17. The molecule has 0 fully saturated rings. The molecule has 0 aliphatic heterocycles. The average molecular weight is 446 g/mol. The van der Waals surface area contributed by atoms with E-state index in [0.29, 0.717) is 13.0 Å². The summed E-state index contributed by atoms with van der Waals surface area (Å²) in [4.78, 5) is 15.9. The van der Waals surface area contributed by atoms with E-state index in [1.165, 1.54) is 17.3 Å². The van der Waals surface area contributed by atoms with Crippen molar-refractivity contribution < 1.29 is 14.5 Å². The molecule has 0 saturated carbocycles. The first-order valence-corrected chi connectivity index (χ1v) is 11.4. The third-order valence-electron chi connectivity index (χ3n) is 5.06. The van der Waals surface area contributed by atoms with E-state index >= 15 is 0 Å². The number of H-pyrrole nitrogens is 1. The Morgan fingerprint density at radius 3 is 2.50 bits per heavy atom. The fourth-order valence-corrected chi connectivity index (χ4v) is 4.27. The standard InChI is InChI=1S/C25H24N4O2S/c1-2-21(19-12-14-20(30)15-13-19)27-28-24(31)17-32-25-26-22-10-6-7-11-23(22)29(25)16-18-8-4-3-5-9-18/h3-15H,2,16-17H2,1H3,(H2,27,28,30,31)/p+1. The minimum atomic E-state index is -0.176. The zero-order valence-electron chi connectivity index (χ0n) is 17.8. The number of benzene rings is 3. The molecule has 0 spiro atoms. The van der Waals surface area contributed by atoms with Gasteiger partial charge in [-0.25, -0.2) is 15.0 Å². The van der Waals surface area contributed by atoms with Crippen LogP contribution >= 0.6 is 11.8 Å². The third kappa shape index (κ3) is 5.18. The molecular formula is C25H25N4O2S+. The zero-order chi connectivity index (χ0) is 22.3. The molecule has 0 saturated heterocycles. The first-order chi connectivity index (χ1) is 15.6. The molecule has 1 heterocycles. The van der Waals surface area contributed by atoms with Crippen molar-refractivity contribution in [3.05, 3.63) is 90.0 Å². The van der Waals surface area contributed by atoms with Gasteiger partial charge in [0.15, 0.2) is 11.0 Å². The fraction of sp³-hybridized carbons (Fsp3) is 0.160. The Morgan fingerprint density at radius 1 is 1.03 bits per heavy atom. The van der Waals surface area contributed by atoms with Crippen LogP contribution in [-0.4, -0.2) is 27.5 Å². The van der Waals surface area contributed by atoms with Crippen LogP contribution in [0.4, 0.5) is 0 Å². The van der Waals surface area contributed by atoms with Crippen LogP contribution in [0.25, 0.3) is 11.0 Å². The molecule has 1 aromatic heterocycles. The quantitative estimate of drug-likeness (QED) is 0.164. The predicted octanol–water partition coefficient (Wildman–Crippen LogP) is 4.23. The van der Waals surface area contributed by atoms with Crippen molar-refractivity contribution in [2.75, 3.05) is 5.75 Å². The Balaban J connectivity index is 1.47. The van der Waals surface area contributed by atoms with Crippen LogP contribution in [0.5, 0.6) is 5.75 Å². The van der Waals surface area contributed by atoms with Crippen molar-refractivity contribution in [2.45, 2.75) is 25.0 Å². The van der Waals surface area contributed by atoms with Gasteiger partial charge < -0.3 is 5.11 Å². The number of nitrogens with zero attached hydrogens (tertiary/aromatic N) is 2. The lowest BCUT2D eigenvalue weighted by Crippen LogP contribution is -2.36. The molecule has 162 valence electrons. The largest absolute Gasteiger partial charge is 0.508 e. The van der Waals surface area contributed by atoms with E-state index in [1.807, 2.05) is 43.3 Å². The first kappa shape index (κ1) is 21.6. The van der Waals surface area contributed by atoms with E-state index in [-0.39, 0.29) is 17.4 Å². The van der Waals surface area contributed by atoms with Crippen LogP contribution < -0.4 is 9.99 Å². The molecule has 7 heteroatoms. The number of hydrogen-bond donors (Lipinski definition) is 3. The first-order valence-electron chi connectivity index (χ1n) is 10.5. The van der Waals surface area contributed by atoms with Gasteiger partial charge in [0.2, 0.25) is 0 Å². The molecule has 0 atom stereocenters. The van der Waals surface area contributed by atoms with Gasteiger partial charge in [0.05, 0.1) is 11.5 Å². The van der Waals surface area contributed by atoms with Gasteiger partial charge in [0.1, 0.15) is 12.3 Å². The minimum Gasteiger partial charge on any atom is -0.508 e. The Morgan fingerprint density at radius 2 is 1.75 bits per heavy atom. The van der Waals surface area contributed by atoms with Gasteiger partial charge in [-0.05, 0) is 65.7 Å². The number of nitrogens with one attached hydrogen (secondary N) is 2. The number of carbonyl (C=O) groups is 1. The number of phenolic OH excluding ortho intramolecular Hbond substituents is 1. The van der Waals surface area contributed by atoms with Crippen LogP contribution in [0.15, 0.2) is 89.1 Å². The van der Waals surface area contributed by atoms with E-state index in [0.717, 1.165) is 27.5 Å². The molecule has 0 bridgehead atoms. The van der Waals surface area contributed by atoms with Crippen molar-refractivity contribution in [3.8, 4) is 5.75 Å². The summed E-state index contributed by atoms with van der Waals surface area (Å²) in [6.45, 7) is 2.69. The number of para-hydroxylation sites is 2. The lowest BCUT2D eigenvalue weighted by Gasteiger charge is -2.05. The third-order valence-corrected chi connectivity index (χ3v) is 6.06. The normalized spacial score (nSPS) is 11.6. The maximum atomic E-state index is 12.5. The smallest absolute Gasteiger partial charge is 0.317 e. The number of carbonyl (C=O) groups excluding carboxylic acids is 1. The number of imidazole rings is 1. The molecule has 32 heavy (non-hydrogen) atoms. The fourth-order valence-electron chi connectivity index (χ4n) is 3.44. The SMILES string of the molecule is CC/C(=N/NC(=O)CSc1[nH]c2ccccc2[n+]1Cc1ccccc1)c1ccc(O)cc1. The van der Waals surface area contributed by atoms with Crippen molar-refractivity contribution in [1.29, 1.82) is 0 Å². The molecule has 0 aliphatic carbocycles. The second kappa shape index (κ2) is 10.2. The van der Waals surface area contributed by atoms with Gasteiger partial charge in [0, 0.05) is 0 Å². The highest BCUT2D eigenvalue weighted by Crippen LogP contribution is 2.19. The summed E-state index contributed by atoms with van der Waals surface area (Å²) in [5, 5.41) is 14.7. The second-order valence-corrected chi connectivity index (χ2v) is 8.27. The summed E-state index contributed by atoms with van der Waals surface area (Å²) in [6.07, 6.45) is 0.664. The van der Waals surface area contributed by atoms with Crippen LogP contribution in [0, 0.1) is 0 Å². The summed E-state index contributed by atoms with van der Waals surface area (Å²) in [5.74, 6) is 0.258. The van der Waals surface area contributed by atoms with Crippen molar-refractivity contribution >= 4 is 34.4 Å². The monoisotopic (exact) mass is 445 g/mol. The molecule has 0 radical (unpaired) electrons. The summed E-state index contributed by atoms with van der Waals surface area (Å²) in [7, 11) is 0. The molecule has 0 unspecified atom stereocenters. The van der Waals surface area contributed by atoms with Crippen molar-refractivity contribution in [2.24, 2.45) is 5.10 Å². The Hall–Kier alpha value is -3.58. The Kier molecular flexibility index (Phi) is 6.87. The number of phenols is 1. The molecular weight excluding hydrogens is 420 g/mol. The van der Waals surface area contributed by atoms with E-state index in [2.05, 4.69) is 38.3 Å². The van der Waals surface area contributed by atoms with Gasteiger partial charge in [-0.3, -0.25) is 4.79 Å². The highest BCUT2D eigenvalue weighted by molar-refractivity contribution is 7.99. The molecule has 1 amide bonds. The number of aromatic amines is 1. The number of thioether (sulfide) groups is 1. The zero-order valence-corrected chi connectivity index (χ0v) is 18.6. The minimum absolute atomic E-state index is 0.176. The number of aromatic nitrogens is 2. The van der Waals surface area contributed by atoms with Crippen LogP contribution in [-0.2, 0) is 11.3 Å². The molecule has 3 N–H and O–H groups in total. The van der Waals surface area contributed by atoms with Crippen LogP contribution in [0.2, 0.25) is 0 Å². The summed E-state index contributed by atoms with van der Waals surface area (Å²) in [5.41, 5.74) is 7.61. The number of hydrazone groups is 1. The Bertz CT molecular complexity index is 1230. The van der Waals surface area contributed by atoms with E-state index in [1.54, 1.807) is 24.3 Å². The number of hydrogen-bond acceptors (Lipinski definition) is 4. The molecule has 0 aliphatic rings. The van der Waals surface area contributed by atoms with E-state index in [4.69, 9.17) is 0 Å². The molecule has 3 aromatic carbocycles. The molecule has 6 nitrogen and oxygen atoms in total. The summed E-state index contributed by atoms with van der Waals surface area (Å²) in [6, 6.07) is 25.2. The highest BCUT2D eigenvalue weighted by Gasteiger charge is 2.20. The molecule has 4 rings (SSSR count). The van der Waals surface area contributed by atoms with Crippen LogP contribution in [0.3, 0.4) is 0 Å². The Labute approximate surface area is 191 Å². The van der Waals surface area contributed by atoms with E-state index in [9.17, 15) is 9.90 Å². The van der Waals surface area contributed by atoms with Gasteiger partial charge in [-0.15, -0.1) is 0 Å². The van der Waals surface area contributed by atoms with Crippen molar-refractivity contribution in [3.63, 3.8) is 0 Å². The maximum Gasteiger partial charge on any atom is 0.317 e. The number of fused-ring (bicyclic) bond motifs is 1. The van der Waals surface area contributed by atoms with Gasteiger partial charge in [-0.1, -0.05) is 49.4 Å². The lowest BCUT2D eigenvalue weighted by molar-refractivity contribution is -0.700. The number of amides is 1. The van der Waals surface area contributed by atoms with Gasteiger partial charge >= 0.3 is 5.16 Å². The van der Waals surface area contributed by atoms with Gasteiger partial charge in [-0.2, -0.15) is 5.10 Å². The van der Waals surface area contributed by atoms with Crippen LogP contribution in [0.1, 0.15) is 24.5 Å². The molecule has 4 aromatic rings. The predicted molar refractivity (Wildman–Crippen MR) is 128 cm³/mol. The number of aromatic hydroxyl groups is 1.